The fraction of sp³-hybridized carbons (Fsp3) is 0. The van der Waals surface area contributed by atoms with Crippen LogP contribution in [0.2, 0.25) is 0 Å². The summed E-state index contributed by atoms with van der Waals surface area (Å²) in [6, 6.07) is 16.5. The third-order valence-electron chi connectivity index (χ3n) is 2.81. The molecular weight excluding hydrogens is 240 g/mol. The van der Waals surface area contributed by atoms with Crippen molar-refractivity contribution in [3.05, 3.63) is 60.4 Å². The summed E-state index contributed by atoms with van der Waals surface area (Å²) in [5.74, 6) is 0.373. The van der Waals surface area contributed by atoms with Crippen molar-refractivity contribution < 1.29 is 9.52 Å². The highest BCUT2D eigenvalue weighted by Crippen LogP contribution is 2.31. The van der Waals surface area contributed by atoms with Crippen LogP contribution >= 0.6 is 0 Å². The van der Waals surface area contributed by atoms with Crippen LogP contribution in [-0.2, 0) is 0 Å². The van der Waals surface area contributed by atoms with Crippen LogP contribution in [0.15, 0.2) is 64.0 Å². The number of hydrogen-bond acceptors (Lipinski definition) is 3. The first-order valence-electron chi connectivity index (χ1n) is 5.86. The Labute approximate surface area is 109 Å². The second kappa shape index (κ2) is 4.49. The zero-order chi connectivity index (χ0) is 13.2. The van der Waals surface area contributed by atoms with Crippen LogP contribution in [0.5, 0.6) is 5.75 Å². The minimum absolute atomic E-state index is 0.0211. The molecule has 0 saturated heterocycles. The molecule has 0 radical (unpaired) electrons. The highest BCUT2D eigenvalue weighted by Gasteiger charge is 2.15. The molecule has 0 fully saturated rings. The van der Waals surface area contributed by atoms with E-state index in [4.69, 9.17) is 10.2 Å². The molecule has 3 aromatic rings. The molecule has 1 aromatic heterocycles. The van der Waals surface area contributed by atoms with Gasteiger partial charge < -0.3 is 15.3 Å². The second-order valence-electron chi connectivity index (χ2n) is 4.11. The Hall–Kier alpha value is -2.75. The number of nitrogens with zero attached hydrogens (tertiary/aromatic N) is 1. The Morgan fingerprint density at radius 3 is 2.42 bits per heavy atom. The van der Waals surface area contributed by atoms with E-state index in [2.05, 4.69) is 4.99 Å². The molecule has 0 bridgehead atoms. The lowest BCUT2D eigenvalue weighted by Gasteiger charge is -1.97. The van der Waals surface area contributed by atoms with Crippen molar-refractivity contribution in [3.8, 4) is 5.75 Å². The molecule has 0 aliphatic carbocycles. The van der Waals surface area contributed by atoms with E-state index in [0.29, 0.717) is 16.7 Å². The minimum Gasteiger partial charge on any atom is -0.504 e. The van der Waals surface area contributed by atoms with Gasteiger partial charge in [-0.25, -0.2) is 4.99 Å². The van der Waals surface area contributed by atoms with E-state index in [9.17, 15) is 5.11 Å². The first-order valence-corrected chi connectivity index (χ1v) is 5.86. The number of fused-ring (bicyclic) bond motifs is 1. The first-order chi connectivity index (χ1) is 9.25. The van der Waals surface area contributed by atoms with E-state index in [-0.39, 0.29) is 17.3 Å². The third kappa shape index (κ3) is 2.04. The number of furan rings is 1. The van der Waals surface area contributed by atoms with Gasteiger partial charge in [0.1, 0.15) is 5.58 Å². The minimum atomic E-state index is 0.0211. The van der Waals surface area contributed by atoms with E-state index < -0.39 is 0 Å². The highest BCUT2D eigenvalue weighted by molar-refractivity contribution is 6.04. The number of nitrogens with two attached hydrogens (primary N) is 1. The van der Waals surface area contributed by atoms with E-state index in [1.807, 2.05) is 42.5 Å². The highest BCUT2D eigenvalue weighted by atomic mass is 16.4. The van der Waals surface area contributed by atoms with Gasteiger partial charge in [-0.3, -0.25) is 0 Å². The standard InChI is InChI=1S/C15H12N2O2/c16-15(17-10-6-2-1-3-7-10)14-13(18)11-8-4-5-9-12(11)19-14/h1-9,18H,(H2,16,17). The maximum Gasteiger partial charge on any atom is 0.211 e. The second-order valence-corrected chi connectivity index (χ2v) is 4.11. The molecule has 0 saturated carbocycles. The molecule has 19 heavy (non-hydrogen) atoms. The Kier molecular flexibility index (Phi) is 2.68. The predicted octanol–water partition coefficient (Wildman–Crippen LogP) is 3.18. The Morgan fingerprint density at radius 2 is 1.68 bits per heavy atom. The van der Waals surface area contributed by atoms with Crippen LogP contribution in [0.3, 0.4) is 0 Å². The number of para-hydroxylation sites is 2. The van der Waals surface area contributed by atoms with Crippen LogP contribution in [0.4, 0.5) is 5.69 Å². The lowest BCUT2D eigenvalue weighted by molar-refractivity contribution is 0.461. The van der Waals surface area contributed by atoms with Gasteiger partial charge in [-0.15, -0.1) is 0 Å². The maximum absolute atomic E-state index is 10.1. The molecule has 3 rings (SSSR count). The average Bonchev–Trinajstić information content (AvgIpc) is 2.78. The molecule has 0 aliphatic heterocycles. The van der Waals surface area contributed by atoms with Crippen molar-refractivity contribution >= 4 is 22.5 Å². The van der Waals surface area contributed by atoms with Crippen LogP contribution in [0, 0.1) is 0 Å². The van der Waals surface area contributed by atoms with Gasteiger partial charge >= 0.3 is 0 Å². The van der Waals surface area contributed by atoms with Crippen molar-refractivity contribution in [2.75, 3.05) is 0 Å². The van der Waals surface area contributed by atoms with Gasteiger partial charge in [0.15, 0.2) is 11.6 Å². The zero-order valence-corrected chi connectivity index (χ0v) is 10.1. The molecule has 1 heterocycles. The number of benzene rings is 2. The Bertz CT molecular complexity index is 745. The quantitative estimate of drug-likeness (QED) is 0.543. The molecule has 4 heteroatoms. The molecule has 3 N–H and O–H groups in total. The fourth-order valence-electron chi connectivity index (χ4n) is 1.90. The summed E-state index contributed by atoms with van der Waals surface area (Å²) in [4.78, 5) is 4.23. The van der Waals surface area contributed by atoms with Gasteiger partial charge in [-0.1, -0.05) is 30.3 Å². The van der Waals surface area contributed by atoms with E-state index >= 15 is 0 Å². The summed E-state index contributed by atoms with van der Waals surface area (Å²) < 4.78 is 5.53. The zero-order valence-electron chi connectivity index (χ0n) is 10.1. The van der Waals surface area contributed by atoms with Gasteiger partial charge in [0.2, 0.25) is 5.76 Å². The number of hydrogen-bond donors (Lipinski definition) is 2. The lowest BCUT2D eigenvalue weighted by atomic mass is 10.2. The first kappa shape index (κ1) is 11.3. The molecule has 0 amide bonds. The largest absolute Gasteiger partial charge is 0.504 e. The molecule has 4 nitrogen and oxygen atoms in total. The number of amidine groups is 1. The smallest absolute Gasteiger partial charge is 0.211 e. The third-order valence-corrected chi connectivity index (χ3v) is 2.81. The number of aromatic hydroxyl groups is 1. The number of aliphatic imine (C=N–C) groups is 1. The summed E-state index contributed by atoms with van der Waals surface area (Å²) in [6.07, 6.45) is 0. The average molecular weight is 252 g/mol. The predicted molar refractivity (Wildman–Crippen MR) is 74.7 cm³/mol. The van der Waals surface area contributed by atoms with Crippen molar-refractivity contribution in [2.24, 2.45) is 10.7 Å². The fourth-order valence-corrected chi connectivity index (χ4v) is 1.90. The summed E-state index contributed by atoms with van der Waals surface area (Å²) in [7, 11) is 0. The van der Waals surface area contributed by atoms with Crippen LogP contribution < -0.4 is 5.73 Å². The van der Waals surface area contributed by atoms with Crippen molar-refractivity contribution in [1.29, 1.82) is 0 Å². The lowest BCUT2D eigenvalue weighted by Crippen LogP contribution is -2.11. The van der Waals surface area contributed by atoms with Gasteiger partial charge in [-0.2, -0.15) is 0 Å². The monoisotopic (exact) mass is 252 g/mol. The molecule has 2 aromatic carbocycles. The van der Waals surface area contributed by atoms with E-state index in [1.165, 1.54) is 0 Å². The van der Waals surface area contributed by atoms with Crippen molar-refractivity contribution in [2.45, 2.75) is 0 Å². The van der Waals surface area contributed by atoms with Crippen LogP contribution in [0.25, 0.3) is 11.0 Å². The molecule has 0 unspecified atom stereocenters. The van der Waals surface area contributed by atoms with E-state index in [0.717, 1.165) is 0 Å². The van der Waals surface area contributed by atoms with Crippen molar-refractivity contribution in [1.82, 2.24) is 0 Å². The van der Waals surface area contributed by atoms with Gasteiger partial charge in [0.25, 0.3) is 0 Å². The van der Waals surface area contributed by atoms with Gasteiger partial charge in [-0.05, 0) is 24.3 Å². The van der Waals surface area contributed by atoms with Crippen LogP contribution in [0.1, 0.15) is 5.76 Å². The topological polar surface area (TPSA) is 71.8 Å². The van der Waals surface area contributed by atoms with Gasteiger partial charge in [0, 0.05) is 0 Å². The maximum atomic E-state index is 10.1. The normalized spacial score (nSPS) is 11.9. The molecule has 94 valence electrons. The number of rotatable bonds is 2. The molecule has 0 atom stereocenters. The summed E-state index contributed by atoms with van der Waals surface area (Å²) in [5.41, 5.74) is 7.18. The van der Waals surface area contributed by atoms with E-state index in [1.54, 1.807) is 12.1 Å². The van der Waals surface area contributed by atoms with Crippen molar-refractivity contribution in [3.63, 3.8) is 0 Å². The van der Waals surface area contributed by atoms with Crippen LogP contribution in [-0.4, -0.2) is 10.9 Å². The Balaban J connectivity index is 2.09. The Morgan fingerprint density at radius 1 is 1.00 bits per heavy atom. The summed E-state index contributed by atoms with van der Waals surface area (Å²) in [5, 5.41) is 10.7. The van der Waals surface area contributed by atoms with Gasteiger partial charge in [0.05, 0.1) is 11.1 Å². The molecule has 0 spiro atoms. The summed E-state index contributed by atoms with van der Waals surface area (Å²) >= 11 is 0. The SMILES string of the molecule is N/C(=N\c1ccccc1)c1oc2ccccc2c1O. The molecule has 0 aliphatic rings. The molecular formula is C15H12N2O2. The summed E-state index contributed by atoms with van der Waals surface area (Å²) in [6.45, 7) is 0.